The molecule has 0 amide bonds. The van der Waals surface area contributed by atoms with Gasteiger partial charge < -0.3 is 14.0 Å². The van der Waals surface area contributed by atoms with Crippen LogP contribution in [0, 0.1) is 0 Å². The molecule has 0 atom stereocenters. The Kier molecular flexibility index (Phi) is 43.8. The Morgan fingerprint density at radius 2 is 0.721 bits per heavy atom. The first-order chi connectivity index (χ1) is 29.3. The van der Waals surface area contributed by atoms with Crippen LogP contribution in [0.2, 0.25) is 0 Å². The fraction of sp³-hybridized carbons (Fsp3) is 0.769. The van der Waals surface area contributed by atoms with Crippen molar-refractivity contribution in [3.8, 4) is 0 Å². The molecule has 1 rings (SSSR count). The van der Waals surface area contributed by atoms with E-state index in [2.05, 4.69) is 38.2 Å². The van der Waals surface area contributed by atoms with Crippen molar-refractivity contribution >= 4 is 22.1 Å². The Morgan fingerprint density at radius 3 is 1.03 bits per heavy atom. The Morgan fingerprint density at radius 1 is 0.443 bits per heavy atom. The van der Waals surface area contributed by atoms with E-state index in [4.69, 9.17) is 9.47 Å². The van der Waals surface area contributed by atoms with Gasteiger partial charge in [-0.2, -0.15) is 0 Å². The summed E-state index contributed by atoms with van der Waals surface area (Å²) in [5.74, 6) is -1.54. The van der Waals surface area contributed by atoms with Crippen molar-refractivity contribution in [2.45, 2.75) is 250 Å². The molecule has 0 unspecified atom stereocenters. The number of hydrogen-bond donors (Lipinski definition) is 0. The molecule has 7 nitrogen and oxygen atoms in total. The largest absolute Gasteiger partial charge is 1.00 e. The van der Waals surface area contributed by atoms with Crippen molar-refractivity contribution < 1.29 is 83.4 Å². The van der Waals surface area contributed by atoms with Crippen molar-refractivity contribution in [3.05, 3.63) is 53.6 Å². The number of benzene rings is 1. The second-order valence-electron chi connectivity index (χ2n) is 17.1. The number of unbranched alkanes of at least 4 members (excludes halogenated alkanes) is 32. The third kappa shape index (κ3) is 37.1. The van der Waals surface area contributed by atoms with E-state index in [0.717, 1.165) is 44.2 Å². The predicted molar refractivity (Wildman–Crippen MR) is 251 cm³/mol. The number of esters is 2. The van der Waals surface area contributed by atoms with Gasteiger partial charge in [0, 0.05) is 0 Å². The van der Waals surface area contributed by atoms with Crippen LogP contribution in [-0.4, -0.2) is 38.1 Å². The van der Waals surface area contributed by atoms with E-state index in [-0.39, 0.29) is 75.7 Å². The summed E-state index contributed by atoms with van der Waals surface area (Å²) in [5, 5.41) is 0. The van der Waals surface area contributed by atoms with Crippen LogP contribution in [0.3, 0.4) is 0 Å². The van der Waals surface area contributed by atoms with Gasteiger partial charge in [-0.15, -0.1) is 0 Å². The van der Waals surface area contributed by atoms with E-state index in [0.29, 0.717) is 12.8 Å². The average molecular weight is 897 g/mol. The maximum Gasteiger partial charge on any atom is 1.00 e. The minimum Gasteiger partial charge on any atom is -0.744 e. The average Bonchev–Trinajstić information content (AvgIpc) is 3.24. The molecule has 0 aliphatic rings. The van der Waals surface area contributed by atoms with Gasteiger partial charge in [0.15, 0.2) is 0 Å². The molecule has 0 fully saturated rings. The number of allylic oxidation sites excluding steroid dienone is 4. The van der Waals surface area contributed by atoms with Gasteiger partial charge in [-0.05, 0) is 82.4 Å². The SMILES string of the molecule is CCCCC/C=C/CCCCCCCCCCCCCCCOC(=O)c1ccc(S(=O)(=O)[O-])cc1C(=O)OCCCCCCCCCCCCCCC/C=C/CCCCC.[K+]. The molecule has 9 heteroatoms. The molecule has 0 saturated heterocycles. The van der Waals surface area contributed by atoms with Gasteiger partial charge in [0.2, 0.25) is 0 Å². The van der Waals surface area contributed by atoms with Crippen LogP contribution in [0.25, 0.3) is 0 Å². The Labute approximate surface area is 418 Å². The van der Waals surface area contributed by atoms with Gasteiger partial charge in [-0.1, -0.05) is 205 Å². The molecule has 0 aromatic heterocycles. The molecule has 0 N–H and O–H groups in total. The summed E-state index contributed by atoms with van der Waals surface area (Å²) >= 11 is 0. The van der Waals surface area contributed by atoms with Crippen molar-refractivity contribution in [2.75, 3.05) is 13.2 Å². The third-order valence-corrected chi connectivity index (χ3v) is 12.3. The minimum atomic E-state index is -4.82. The van der Waals surface area contributed by atoms with Crippen LogP contribution in [0.15, 0.2) is 47.4 Å². The molecule has 61 heavy (non-hydrogen) atoms. The quantitative estimate of drug-likeness (QED) is 0.0211. The maximum absolute atomic E-state index is 13.0. The molecular formula is C52H89KO7S. The predicted octanol–water partition coefficient (Wildman–Crippen LogP) is 13.1. The second-order valence-corrected chi connectivity index (χ2v) is 18.5. The molecule has 346 valence electrons. The summed E-state index contributed by atoms with van der Waals surface area (Å²) in [7, 11) is -4.82. The van der Waals surface area contributed by atoms with Gasteiger partial charge >= 0.3 is 63.3 Å². The number of ether oxygens (including phenoxy) is 2. The zero-order chi connectivity index (χ0) is 43.6. The molecule has 0 aliphatic heterocycles. The summed E-state index contributed by atoms with van der Waals surface area (Å²) in [5.41, 5.74) is -0.332. The molecule has 0 bridgehead atoms. The zero-order valence-electron chi connectivity index (χ0n) is 39.7. The van der Waals surface area contributed by atoms with Gasteiger partial charge in [0.25, 0.3) is 0 Å². The van der Waals surface area contributed by atoms with E-state index < -0.39 is 27.0 Å². The van der Waals surface area contributed by atoms with Gasteiger partial charge in [-0.3, -0.25) is 0 Å². The van der Waals surface area contributed by atoms with Gasteiger partial charge in [0.05, 0.1) is 29.2 Å². The normalized spacial score (nSPS) is 11.7. The van der Waals surface area contributed by atoms with Crippen LogP contribution in [0.1, 0.15) is 266 Å². The number of hydrogen-bond acceptors (Lipinski definition) is 7. The van der Waals surface area contributed by atoms with E-state index in [1.54, 1.807) is 0 Å². The van der Waals surface area contributed by atoms with Crippen molar-refractivity contribution in [2.24, 2.45) is 0 Å². The summed E-state index contributed by atoms with van der Waals surface area (Å²) in [6.07, 6.45) is 53.6. The van der Waals surface area contributed by atoms with E-state index in [1.165, 1.54) is 192 Å². The molecule has 0 heterocycles. The molecule has 1 aromatic rings. The molecule has 1 aromatic carbocycles. The van der Waals surface area contributed by atoms with E-state index in [1.807, 2.05) is 0 Å². The standard InChI is InChI=1S/C52H90O7S.K/c1-3-5-7-9-11-13-15-17-19-21-23-25-27-29-31-33-35-37-39-41-45-58-51(53)49-44-43-48(60(55,56)57)47-50(49)52(54)59-46-42-40-38-36-34-32-30-28-26-24-22-20-18-16-14-12-10-8-6-4-2;/h11-14,43-44,47H,3-10,15-42,45-46H2,1-2H3,(H,55,56,57);/q;+1/p-1/b13-11+,14-12+;. The smallest absolute Gasteiger partial charge is 0.744 e. The van der Waals surface area contributed by atoms with Gasteiger partial charge in [0.1, 0.15) is 10.1 Å². The fourth-order valence-electron chi connectivity index (χ4n) is 7.62. The number of carbonyl (C=O) groups excluding carboxylic acids is 2. The first-order valence-electron chi connectivity index (χ1n) is 25.0. The fourth-order valence-corrected chi connectivity index (χ4v) is 8.12. The number of rotatable bonds is 43. The van der Waals surface area contributed by atoms with Crippen LogP contribution < -0.4 is 51.4 Å². The monoisotopic (exact) mass is 897 g/mol. The first-order valence-corrected chi connectivity index (χ1v) is 26.5. The van der Waals surface area contributed by atoms with Gasteiger partial charge in [-0.25, -0.2) is 18.0 Å². The summed E-state index contributed by atoms with van der Waals surface area (Å²) in [6.45, 7) is 4.87. The first kappa shape index (κ1) is 60.2. The van der Waals surface area contributed by atoms with Crippen LogP contribution in [-0.2, 0) is 19.6 Å². The van der Waals surface area contributed by atoms with Crippen LogP contribution in [0.5, 0.6) is 0 Å². The van der Waals surface area contributed by atoms with Crippen LogP contribution in [0.4, 0.5) is 0 Å². The minimum absolute atomic E-state index is 0. The van der Waals surface area contributed by atoms with Crippen molar-refractivity contribution in [3.63, 3.8) is 0 Å². The number of carbonyl (C=O) groups is 2. The van der Waals surface area contributed by atoms with Crippen molar-refractivity contribution in [1.29, 1.82) is 0 Å². The van der Waals surface area contributed by atoms with E-state index in [9.17, 15) is 22.6 Å². The van der Waals surface area contributed by atoms with Crippen LogP contribution >= 0.6 is 0 Å². The molecule has 0 spiro atoms. The Bertz CT molecular complexity index is 1340. The summed E-state index contributed by atoms with van der Waals surface area (Å²) in [6, 6.07) is 3.16. The Hall–Kier alpha value is -0.814. The summed E-state index contributed by atoms with van der Waals surface area (Å²) < 4.78 is 45.9. The zero-order valence-corrected chi connectivity index (χ0v) is 43.6. The molecule has 0 radical (unpaired) electrons. The Balaban J connectivity index is 0.0000360. The maximum atomic E-state index is 13.0. The van der Waals surface area contributed by atoms with E-state index >= 15 is 0 Å². The second kappa shape index (κ2) is 44.4. The molecule has 0 saturated carbocycles. The third-order valence-electron chi connectivity index (χ3n) is 11.5. The molecule has 0 aliphatic carbocycles. The topological polar surface area (TPSA) is 110 Å². The summed E-state index contributed by atoms with van der Waals surface area (Å²) in [4.78, 5) is 25.3. The molecular weight excluding hydrogens is 808 g/mol. The van der Waals surface area contributed by atoms with Crippen molar-refractivity contribution in [1.82, 2.24) is 0 Å².